The smallest absolute Gasteiger partial charge is 0.261 e. The molecule has 6 nitrogen and oxygen atoms in total. The quantitative estimate of drug-likeness (QED) is 0.535. The van der Waals surface area contributed by atoms with Gasteiger partial charge in [-0.2, -0.15) is 0 Å². The Morgan fingerprint density at radius 1 is 1.12 bits per heavy atom. The van der Waals surface area contributed by atoms with Crippen molar-refractivity contribution >= 4 is 28.4 Å². The Morgan fingerprint density at radius 3 is 2.53 bits per heavy atom. The van der Waals surface area contributed by atoms with E-state index in [2.05, 4.69) is 11.8 Å². The SMILES string of the molecule is CCC(c1nc2ccccc2c(=O)n1Cc1ccccc1)N1CCN(C(=O)CCl)C(C)C1. The number of rotatable bonds is 6. The van der Waals surface area contributed by atoms with Crippen molar-refractivity contribution in [2.75, 3.05) is 25.5 Å². The summed E-state index contributed by atoms with van der Waals surface area (Å²) in [6, 6.07) is 17.6. The highest BCUT2D eigenvalue weighted by Gasteiger charge is 2.32. The van der Waals surface area contributed by atoms with Gasteiger partial charge in [0.25, 0.3) is 5.56 Å². The summed E-state index contributed by atoms with van der Waals surface area (Å²) in [5, 5.41) is 0.632. The van der Waals surface area contributed by atoms with E-state index in [0.717, 1.165) is 36.4 Å². The number of carbonyl (C=O) groups excluding carboxylic acids is 1. The number of hydrogen-bond donors (Lipinski definition) is 0. The maximum absolute atomic E-state index is 13.5. The number of halogens is 1. The first-order chi connectivity index (χ1) is 15.5. The number of carbonyl (C=O) groups is 1. The highest BCUT2D eigenvalue weighted by atomic mass is 35.5. The van der Waals surface area contributed by atoms with E-state index in [9.17, 15) is 9.59 Å². The molecule has 2 heterocycles. The van der Waals surface area contributed by atoms with Gasteiger partial charge in [-0.3, -0.25) is 19.1 Å². The first kappa shape index (κ1) is 22.5. The lowest BCUT2D eigenvalue weighted by molar-refractivity contribution is -0.133. The number of fused-ring (bicyclic) bond motifs is 1. The normalized spacial score (nSPS) is 18.1. The summed E-state index contributed by atoms with van der Waals surface area (Å²) in [4.78, 5) is 34.9. The van der Waals surface area contributed by atoms with Crippen LogP contribution in [0.2, 0.25) is 0 Å². The number of hydrogen-bond acceptors (Lipinski definition) is 4. The lowest BCUT2D eigenvalue weighted by Gasteiger charge is -2.43. The molecule has 1 fully saturated rings. The van der Waals surface area contributed by atoms with Gasteiger partial charge in [-0.25, -0.2) is 4.98 Å². The Kier molecular flexibility index (Phi) is 6.92. The van der Waals surface area contributed by atoms with Gasteiger partial charge >= 0.3 is 0 Å². The van der Waals surface area contributed by atoms with E-state index in [1.54, 1.807) is 0 Å². The molecule has 1 aliphatic heterocycles. The second kappa shape index (κ2) is 9.84. The minimum Gasteiger partial charge on any atom is -0.336 e. The molecule has 1 amide bonds. The molecule has 2 aromatic carbocycles. The van der Waals surface area contributed by atoms with Crippen LogP contribution in [0.15, 0.2) is 59.4 Å². The van der Waals surface area contributed by atoms with E-state index >= 15 is 0 Å². The van der Waals surface area contributed by atoms with Crippen LogP contribution < -0.4 is 5.56 Å². The van der Waals surface area contributed by atoms with Gasteiger partial charge in [-0.1, -0.05) is 49.4 Å². The Labute approximate surface area is 193 Å². The molecule has 3 aromatic rings. The van der Waals surface area contributed by atoms with E-state index in [1.165, 1.54) is 0 Å². The molecule has 0 bridgehead atoms. The summed E-state index contributed by atoms with van der Waals surface area (Å²) in [6.07, 6.45) is 0.815. The van der Waals surface area contributed by atoms with Crippen molar-refractivity contribution in [3.63, 3.8) is 0 Å². The fourth-order valence-corrected chi connectivity index (χ4v) is 4.83. The molecule has 32 heavy (non-hydrogen) atoms. The number of alkyl halides is 1. The van der Waals surface area contributed by atoms with Crippen LogP contribution in [0.1, 0.15) is 37.7 Å². The van der Waals surface area contributed by atoms with Crippen LogP contribution in [0.3, 0.4) is 0 Å². The monoisotopic (exact) mass is 452 g/mol. The molecular formula is C25H29ClN4O2. The molecule has 2 atom stereocenters. The Balaban J connectivity index is 1.75. The number of para-hydroxylation sites is 1. The summed E-state index contributed by atoms with van der Waals surface area (Å²) in [6.45, 7) is 6.71. The molecule has 1 aliphatic rings. The van der Waals surface area contributed by atoms with Crippen molar-refractivity contribution in [3.8, 4) is 0 Å². The van der Waals surface area contributed by atoms with E-state index in [-0.39, 0.29) is 29.4 Å². The molecule has 0 saturated carbocycles. The van der Waals surface area contributed by atoms with Crippen molar-refractivity contribution < 1.29 is 4.79 Å². The predicted molar refractivity (Wildman–Crippen MR) is 128 cm³/mol. The molecule has 0 radical (unpaired) electrons. The number of amides is 1. The average Bonchev–Trinajstić information content (AvgIpc) is 2.82. The van der Waals surface area contributed by atoms with Crippen LogP contribution >= 0.6 is 11.6 Å². The van der Waals surface area contributed by atoms with E-state index in [4.69, 9.17) is 16.6 Å². The molecule has 1 aromatic heterocycles. The lowest BCUT2D eigenvalue weighted by atomic mass is 10.1. The van der Waals surface area contributed by atoms with Gasteiger partial charge in [-0.05, 0) is 31.0 Å². The summed E-state index contributed by atoms with van der Waals surface area (Å²) < 4.78 is 1.83. The lowest BCUT2D eigenvalue weighted by Crippen LogP contribution is -2.55. The third-order valence-corrected chi connectivity index (χ3v) is 6.52. The summed E-state index contributed by atoms with van der Waals surface area (Å²) >= 11 is 5.79. The van der Waals surface area contributed by atoms with Gasteiger partial charge in [0.1, 0.15) is 11.7 Å². The van der Waals surface area contributed by atoms with Gasteiger partial charge in [0.15, 0.2) is 0 Å². The molecular weight excluding hydrogens is 424 g/mol. The van der Waals surface area contributed by atoms with Crippen LogP contribution in [0.4, 0.5) is 0 Å². The molecule has 2 unspecified atom stereocenters. The van der Waals surface area contributed by atoms with Crippen molar-refractivity contribution in [1.82, 2.24) is 19.4 Å². The Bertz CT molecular complexity index is 1150. The number of piperazine rings is 1. The Hall–Kier alpha value is -2.70. The highest BCUT2D eigenvalue weighted by molar-refractivity contribution is 6.27. The highest BCUT2D eigenvalue weighted by Crippen LogP contribution is 2.27. The second-order valence-corrected chi connectivity index (χ2v) is 8.62. The van der Waals surface area contributed by atoms with Gasteiger partial charge in [0.05, 0.1) is 23.5 Å². The van der Waals surface area contributed by atoms with Gasteiger partial charge in [-0.15, -0.1) is 11.6 Å². The van der Waals surface area contributed by atoms with Gasteiger partial charge in [0, 0.05) is 25.7 Å². The van der Waals surface area contributed by atoms with Gasteiger partial charge in [0.2, 0.25) is 5.91 Å². The maximum Gasteiger partial charge on any atom is 0.261 e. The average molecular weight is 453 g/mol. The zero-order chi connectivity index (χ0) is 22.7. The third-order valence-electron chi connectivity index (χ3n) is 6.29. The molecule has 0 N–H and O–H groups in total. The largest absolute Gasteiger partial charge is 0.336 e. The fourth-order valence-electron chi connectivity index (χ4n) is 4.68. The summed E-state index contributed by atoms with van der Waals surface area (Å²) in [5.74, 6) is 0.755. The number of aromatic nitrogens is 2. The van der Waals surface area contributed by atoms with Crippen molar-refractivity contribution in [2.45, 2.75) is 38.9 Å². The molecule has 1 saturated heterocycles. The van der Waals surface area contributed by atoms with Crippen molar-refractivity contribution in [2.24, 2.45) is 0 Å². The minimum atomic E-state index is -0.0309. The topological polar surface area (TPSA) is 58.4 Å². The fraction of sp³-hybridized carbons (Fsp3) is 0.400. The van der Waals surface area contributed by atoms with Crippen molar-refractivity contribution in [3.05, 3.63) is 76.3 Å². The summed E-state index contributed by atoms with van der Waals surface area (Å²) in [5.41, 5.74) is 1.77. The molecule has 4 rings (SSSR count). The zero-order valence-electron chi connectivity index (χ0n) is 18.6. The first-order valence-electron chi connectivity index (χ1n) is 11.2. The zero-order valence-corrected chi connectivity index (χ0v) is 19.3. The molecule has 168 valence electrons. The molecule has 0 spiro atoms. The maximum atomic E-state index is 13.5. The van der Waals surface area contributed by atoms with Crippen LogP contribution in [0.5, 0.6) is 0 Å². The first-order valence-corrected chi connectivity index (χ1v) is 11.7. The molecule has 0 aliphatic carbocycles. The third kappa shape index (κ3) is 4.43. The van der Waals surface area contributed by atoms with Crippen LogP contribution in [0, 0.1) is 0 Å². The number of benzene rings is 2. The summed E-state index contributed by atoms with van der Waals surface area (Å²) in [7, 11) is 0. The van der Waals surface area contributed by atoms with Gasteiger partial charge < -0.3 is 4.90 Å². The standard InChI is InChI=1S/C25H29ClN4O2/c1-3-22(28-13-14-29(18(2)16-28)23(31)15-26)24-27-21-12-8-7-11-20(21)25(32)30(24)17-19-9-5-4-6-10-19/h4-12,18,22H,3,13-17H2,1-2H3. The predicted octanol–water partition coefficient (Wildman–Crippen LogP) is 3.67. The van der Waals surface area contributed by atoms with E-state index in [0.29, 0.717) is 18.5 Å². The minimum absolute atomic E-state index is 0.00436. The Morgan fingerprint density at radius 2 is 1.84 bits per heavy atom. The van der Waals surface area contributed by atoms with Crippen molar-refractivity contribution in [1.29, 1.82) is 0 Å². The second-order valence-electron chi connectivity index (χ2n) is 8.35. The van der Waals surface area contributed by atoms with E-state index < -0.39 is 0 Å². The molecule has 7 heteroatoms. The number of nitrogens with zero attached hydrogens (tertiary/aromatic N) is 4. The van der Waals surface area contributed by atoms with Crippen LogP contribution in [-0.4, -0.2) is 56.8 Å². The van der Waals surface area contributed by atoms with Crippen LogP contribution in [0.25, 0.3) is 10.9 Å². The van der Waals surface area contributed by atoms with Crippen LogP contribution in [-0.2, 0) is 11.3 Å². The van der Waals surface area contributed by atoms with E-state index in [1.807, 2.05) is 71.0 Å².